The van der Waals surface area contributed by atoms with Crippen molar-refractivity contribution in [3.8, 4) is 0 Å². The van der Waals surface area contributed by atoms with Crippen molar-refractivity contribution < 1.29 is 9.53 Å². The molecule has 102 valence electrons. The van der Waals surface area contributed by atoms with Crippen molar-refractivity contribution in [1.82, 2.24) is 5.32 Å². The highest BCUT2D eigenvalue weighted by molar-refractivity contribution is 7.16. The Morgan fingerprint density at radius 2 is 2.11 bits per heavy atom. The Bertz CT molecular complexity index is 385. The van der Waals surface area contributed by atoms with Gasteiger partial charge in [0.1, 0.15) is 5.60 Å². The van der Waals surface area contributed by atoms with E-state index in [1.165, 1.54) is 4.88 Å². The highest BCUT2D eigenvalue weighted by atomic mass is 35.5. The summed E-state index contributed by atoms with van der Waals surface area (Å²) in [6, 6.07) is 3.94. The van der Waals surface area contributed by atoms with E-state index < -0.39 is 5.60 Å². The van der Waals surface area contributed by atoms with Crippen molar-refractivity contribution in [3.63, 3.8) is 0 Å². The normalized spacial score (nSPS) is 11.6. The quantitative estimate of drug-likeness (QED) is 0.645. The van der Waals surface area contributed by atoms with Gasteiger partial charge in [0.25, 0.3) is 0 Å². The van der Waals surface area contributed by atoms with E-state index in [0.717, 1.165) is 17.3 Å². The van der Waals surface area contributed by atoms with Crippen LogP contribution in [-0.2, 0) is 16.0 Å². The Morgan fingerprint density at radius 3 is 2.67 bits per heavy atom. The third-order valence-corrected chi connectivity index (χ3v) is 3.39. The first-order valence-electron chi connectivity index (χ1n) is 6.03. The summed E-state index contributed by atoms with van der Waals surface area (Å²) < 4.78 is 6.03. The van der Waals surface area contributed by atoms with Crippen LogP contribution in [0, 0.1) is 0 Å². The largest absolute Gasteiger partial charge is 0.460 e. The second-order valence-electron chi connectivity index (χ2n) is 5.04. The van der Waals surface area contributed by atoms with Gasteiger partial charge < -0.3 is 10.1 Å². The molecule has 0 saturated heterocycles. The summed E-state index contributed by atoms with van der Waals surface area (Å²) in [6.45, 7) is 7.12. The highest BCUT2D eigenvalue weighted by Gasteiger charge is 2.15. The monoisotopic (exact) mass is 289 g/mol. The maximum absolute atomic E-state index is 11.4. The lowest BCUT2D eigenvalue weighted by Gasteiger charge is -2.19. The number of nitrogens with one attached hydrogen (secondary N) is 1. The van der Waals surface area contributed by atoms with Gasteiger partial charge >= 0.3 is 5.97 Å². The molecule has 0 aromatic carbocycles. The van der Waals surface area contributed by atoms with Gasteiger partial charge in [-0.1, -0.05) is 11.6 Å². The Morgan fingerprint density at radius 1 is 1.39 bits per heavy atom. The zero-order chi connectivity index (χ0) is 13.6. The fraction of sp³-hybridized carbons (Fsp3) is 0.615. The molecular formula is C13H20ClNO2S. The zero-order valence-corrected chi connectivity index (χ0v) is 12.7. The molecule has 1 aromatic rings. The van der Waals surface area contributed by atoms with Gasteiger partial charge in [-0.25, -0.2) is 0 Å². The van der Waals surface area contributed by atoms with Crippen molar-refractivity contribution in [2.45, 2.75) is 39.2 Å². The summed E-state index contributed by atoms with van der Waals surface area (Å²) >= 11 is 7.43. The van der Waals surface area contributed by atoms with Gasteiger partial charge in [0.15, 0.2) is 0 Å². The van der Waals surface area contributed by atoms with Gasteiger partial charge in [0.05, 0.1) is 10.8 Å². The number of esters is 1. The molecule has 18 heavy (non-hydrogen) atoms. The van der Waals surface area contributed by atoms with Crippen LogP contribution in [0.4, 0.5) is 0 Å². The molecule has 0 amide bonds. The molecule has 3 nitrogen and oxygen atoms in total. The van der Waals surface area contributed by atoms with Crippen molar-refractivity contribution in [2.75, 3.05) is 13.1 Å². The lowest BCUT2D eigenvalue weighted by Crippen LogP contribution is -2.27. The first-order valence-corrected chi connectivity index (χ1v) is 7.23. The SMILES string of the molecule is CC(C)(C)OC(=O)CCNCCc1ccc(Cl)s1. The van der Waals surface area contributed by atoms with Gasteiger partial charge in [-0.3, -0.25) is 4.79 Å². The molecular weight excluding hydrogens is 270 g/mol. The molecule has 0 spiro atoms. The van der Waals surface area contributed by atoms with Crippen molar-refractivity contribution in [1.29, 1.82) is 0 Å². The van der Waals surface area contributed by atoms with E-state index in [0.29, 0.717) is 13.0 Å². The number of thiophene rings is 1. The first-order chi connectivity index (χ1) is 8.37. The molecule has 5 heteroatoms. The molecule has 0 unspecified atom stereocenters. The molecule has 0 aliphatic heterocycles. The summed E-state index contributed by atoms with van der Waals surface area (Å²) in [4.78, 5) is 12.7. The average molecular weight is 290 g/mol. The second kappa shape index (κ2) is 7.12. The molecule has 0 fully saturated rings. The van der Waals surface area contributed by atoms with E-state index in [2.05, 4.69) is 5.32 Å². The minimum Gasteiger partial charge on any atom is -0.460 e. The molecule has 0 radical (unpaired) electrons. The van der Waals surface area contributed by atoms with Crippen molar-refractivity contribution in [3.05, 3.63) is 21.3 Å². The molecule has 1 aromatic heterocycles. The Balaban J connectivity index is 2.07. The Kier molecular flexibility index (Phi) is 6.12. The van der Waals surface area contributed by atoms with Crippen LogP contribution in [0.3, 0.4) is 0 Å². The van der Waals surface area contributed by atoms with Gasteiger partial charge in [-0.05, 0) is 45.9 Å². The van der Waals surface area contributed by atoms with Crippen LogP contribution in [0.5, 0.6) is 0 Å². The molecule has 0 aliphatic carbocycles. The maximum atomic E-state index is 11.4. The molecule has 1 N–H and O–H groups in total. The molecule has 0 saturated carbocycles. The topological polar surface area (TPSA) is 38.3 Å². The summed E-state index contributed by atoms with van der Waals surface area (Å²) in [5.74, 6) is -0.158. The van der Waals surface area contributed by atoms with E-state index in [1.54, 1.807) is 11.3 Å². The van der Waals surface area contributed by atoms with E-state index in [1.807, 2.05) is 32.9 Å². The van der Waals surface area contributed by atoms with E-state index in [9.17, 15) is 4.79 Å². The zero-order valence-electron chi connectivity index (χ0n) is 11.1. The lowest BCUT2D eigenvalue weighted by atomic mass is 10.2. The predicted molar refractivity (Wildman–Crippen MR) is 76.4 cm³/mol. The van der Waals surface area contributed by atoms with Gasteiger partial charge in [0.2, 0.25) is 0 Å². The third kappa shape index (κ3) is 6.99. The number of carbonyl (C=O) groups is 1. The maximum Gasteiger partial charge on any atom is 0.307 e. The number of halogens is 1. The first kappa shape index (κ1) is 15.5. The molecule has 0 atom stereocenters. The molecule has 1 heterocycles. The summed E-state index contributed by atoms with van der Waals surface area (Å²) in [6.07, 6.45) is 1.34. The lowest BCUT2D eigenvalue weighted by molar-refractivity contribution is -0.154. The van der Waals surface area contributed by atoms with Crippen LogP contribution in [-0.4, -0.2) is 24.7 Å². The molecule has 0 bridgehead atoms. The summed E-state index contributed by atoms with van der Waals surface area (Å²) in [5.41, 5.74) is -0.398. The number of rotatable bonds is 6. The number of ether oxygens (including phenoxy) is 1. The minimum atomic E-state index is -0.398. The average Bonchev–Trinajstić information content (AvgIpc) is 2.61. The fourth-order valence-electron chi connectivity index (χ4n) is 1.41. The predicted octanol–water partition coefficient (Wildman–Crippen LogP) is 3.27. The standard InChI is InChI=1S/C13H20ClNO2S/c1-13(2,3)17-12(16)7-9-15-8-6-10-4-5-11(14)18-10/h4-5,15H,6-9H2,1-3H3. The van der Waals surface area contributed by atoms with Gasteiger partial charge in [-0.2, -0.15) is 0 Å². The summed E-state index contributed by atoms with van der Waals surface area (Å²) in [7, 11) is 0. The number of hydrogen-bond donors (Lipinski definition) is 1. The van der Waals surface area contributed by atoms with Crippen LogP contribution in [0.25, 0.3) is 0 Å². The third-order valence-electron chi connectivity index (χ3n) is 2.10. The van der Waals surface area contributed by atoms with E-state index in [4.69, 9.17) is 16.3 Å². The van der Waals surface area contributed by atoms with Gasteiger partial charge in [0, 0.05) is 11.4 Å². The van der Waals surface area contributed by atoms with Crippen LogP contribution in [0.15, 0.2) is 12.1 Å². The molecule has 1 rings (SSSR count). The van der Waals surface area contributed by atoms with Crippen molar-refractivity contribution >= 4 is 28.9 Å². The minimum absolute atomic E-state index is 0.158. The second-order valence-corrected chi connectivity index (χ2v) is 6.84. The fourth-order valence-corrected chi connectivity index (χ4v) is 2.49. The van der Waals surface area contributed by atoms with Crippen LogP contribution >= 0.6 is 22.9 Å². The smallest absolute Gasteiger partial charge is 0.307 e. The van der Waals surface area contributed by atoms with E-state index in [-0.39, 0.29) is 5.97 Å². The van der Waals surface area contributed by atoms with E-state index >= 15 is 0 Å². The molecule has 0 aliphatic rings. The Hall–Kier alpha value is -0.580. The van der Waals surface area contributed by atoms with Crippen molar-refractivity contribution in [2.24, 2.45) is 0 Å². The Labute approximate surface area is 117 Å². The van der Waals surface area contributed by atoms with Crippen LogP contribution < -0.4 is 5.32 Å². The van der Waals surface area contributed by atoms with Gasteiger partial charge in [-0.15, -0.1) is 11.3 Å². The summed E-state index contributed by atoms with van der Waals surface area (Å²) in [5, 5.41) is 3.22. The number of hydrogen-bond acceptors (Lipinski definition) is 4. The number of carbonyl (C=O) groups excluding carboxylic acids is 1. The highest BCUT2D eigenvalue weighted by Crippen LogP contribution is 2.21. The van der Waals surface area contributed by atoms with Crippen LogP contribution in [0.2, 0.25) is 4.34 Å². The van der Waals surface area contributed by atoms with Crippen LogP contribution in [0.1, 0.15) is 32.1 Å².